The zero-order chi connectivity index (χ0) is 19.4. The largest absolute Gasteiger partial charge is 0.504 e. The average Bonchev–Trinajstić information content (AvgIpc) is 2.82. The SMILES string of the molecule is CCOc1cc(/C=C2\SC(=S)N(C(CC(=O)O)C(=O)O)C2=O)ccc1O. The van der Waals surface area contributed by atoms with Crippen LogP contribution in [0.5, 0.6) is 11.5 Å². The molecule has 0 aliphatic carbocycles. The number of carbonyl (C=O) groups is 3. The number of ether oxygens (including phenoxy) is 1. The van der Waals surface area contributed by atoms with Gasteiger partial charge in [-0.25, -0.2) is 4.79 Å². The van der Waals surface area contributed by atoms with Crippen LogP contribution >= 0.6 is 24.0 Å². The van der Waals surface area contributed by atoms with Crippen LogP contribution in [0.15, 0.2) is 23.1 Å². The van der Waals surface area contributed by atoms with Crippen molar-refractivity contribution in [3.05, 3.63) is 28.7 Å². The Morgan fingerprint density at radius 3 is 2.65 bits per heavy atom. The van der Waals surface area contributed by atoms with Crippen LogP contribution < -0.4 is 4.74 Å². The molecule has 1 aromatic carbocycles. The lowest BCUT2D eigenvalue weighted by Crippen LogP contribution is -2.45. The van der Waals surface area contributed by atoms with Gasteiger partial charge in [-0.3, -0.25) is 14.5 Å². The number of amides is 1. The third-order valence-corrected chi connectivity index (χ3v) is 4.70. The molecule has 1 saturated heterocycles. The molecular formula is C16H15NO7S2. The van der Waals surface area contributed by atoms with Crippen molar-refractivity contribution in [3.63, 3.8) is 0 Å². The maximum atomic E-state index is 12.5. The van der Waals surface area contributed by atoms with Crippen molar-refractivity contribution in [1.82, 2.24) is 4.90 Å². The van der Waals surface area contributed by atoms with Crippen molar-refractivity contribution in [2.24, 2.45) is 0 Å². The minimum Gasteiger partial charge on any atom is -0.504 e. The van der Waals surface area contributed by atoms with Gasteiger partial charge in [0.1, 0.15) is 10.4 Å². The molecule has 1 unspecified atom stereocenters. The zero-order valence-electron chi connectivity index (χ0n) is 13.5. The molecule has 2 rings (SSSR count). The van der Waals surface area contributed by atoms with Gasteiger partial charge in [0.2, 0.25) is 0 Å². The highest BCUT2D eigenvalue weighted by atomic mass is 32.2. The van der Waals surface area contributed by atoms with E-state index in [-0.39, 0.29) is 20.7 Å². The molecule has 0 saturated carbocycles. The lowest BCUT2D eigenvalue weighted by atomic mass is 10.1. The summed E-state index contributed by atoms with van der Waals surface area (Å²) in [6.07, 6.45) is 0.712. The van der Waals surface area contributed by atoms with Gasteiger partial charge < -0.3 is 20.1 Å². The number of thiocarbonyl (C=S) groups is 1. The first-order chi connectivity index (χ1) is 12.2. The van der Waals surface area contributed by atoms with Gasteiger partial charge in [-0.15, -0.1) is 0 Å². The molecule has 26 heavy (non-hydrogen) atoms. The summed E-state index contributed by atoms with van der Waals surface area (Å²) in [5.74, 6) is -3.29. The van der Waals surface area contributed by atoms with Crippen molar-refractivity contribution >= 4 is 52.2 Å². The number of benzene rings is 1. The number of rotatable bonds is 7. The number of phenolic OH excluding ortho intramolecular Hbond substituents is 1. The van der Waals surface area contributed by atoms with Crippen LogP contribution in [-0.4, -0.2) is 55.0 Å². The van der Waals surface area contributed by atoms with E-state index in [0.717, 1.165) is 16.7 Å². The molecule has 1 amide bonds. The van der Waals surface area contributed by atoms with Crippen LogP contribution in [0, 0.1) is 0 Å². The Morgan fingerprint density at radius 2 is 2.08 bits per heavy atom. The summed E-state index contributed by atoms with van der Waals surface area (Å²) in [6, 6.07) is 2.90. The second kappa shape index (κ2) is 8.19. The molecular weight excluding hydrogens is 382 g/mol. The fraction of sp³-hybridized carbons (Fsp3) is 0.250. The van der Waals surface area contributed by atoms with Crippen molar-refractivity contribution in [3.8, 4) is 11.5 Å². The first kappa shape index (κ1) is 19.7. The molecule has 0 aromatic heterocycles. The van der Waals surface area contributed by atoms with Crippen LogP contribution in [0.2, 0.25) is 0 Å². The van der Waals surface area contributed by atoms with Crippen molar-refractivity contribution in [1.29, 1.82) is 0 Å². The number of aliphatic carboxylic acids is 2. The topological polar surface area (TPSA) is 124 Å². The molecule has 1 fully saturated rings. The number of aromatic hydroxyl groups is 1. The third kappa shape index (κ3) is 4.33. The van der Waals surface area contributed by atoms with Crippen molar-refractivity contribution in [2.45, 2.75) is 19.4 Å². The number of hydrogen-bond donors (Lipinski definition) is 3. The minimum absolute atomic E-state index is 0.0290. The fourth-order valence-electron chi connectivity index (χ4n) is 2.25. The first-order valence-electron chi connectivity index (χ1n) is 7.42. The smallest absolute Gasteiger partial charge is 0.327 e. The second-order valence-electron chi connectivity index (χ2n) is 5.16. The van der Waals surface area contributed by atoms with Crippen LogP contribution in [0.4, 0.5) is 0 Å². The highest BCUT2D eigenvalue weighted by Gasteiger charge is 2.41. The van der Waals surface area contributed by atoms with E-state index in [4.69, 9.17) is 22.1 Å². The predicted octanol–water partition coefficient (Wildman–Crippen LogP) is 1.92. The second-order valence-corrected chi connectivity index (χ2v) is 6.84. The van der Waals surface area contributed by atoms with Gasteiger partial charge in [-0.1, -0.05) is 30.0 Å². The average molecular weight is 397 g/mol. The Labute approximate surface area is 158 Å². The molecule has 1 heterocycles. The van der Waals surface area contributed by atoms with Crippen LogP contribution in [0.3, 0.4) is 0 Å². The Morgan fingerprint density at radius 1 is 1.38 bits per heavy atom. The van der Waals surface area contributed by atoms with Crippen molar-refractivity contribution in [2.75, 3.05) is 6.61 Å². The zero-order valence-corrected chi connectivity index (χ0v) is 15.2. The summed E-state index contributed by atoms with van der Waals surface area (Å²) in [5, 5.41) is 27.8. The molecule has 138 valence electrons. The molecule has 0 radical (unpaired) electrons. The predicted molar refractivity (Wildman–Crippen MR) is 98.0 cm³/mol. The number of phenols is 1. The normalized spacial score (nSPS) is 16.8. The molecule has 1 atom stereocenters. The molecule has 1 aliphatic heterocycles. The maximum Gasteiger partial charge on any atom is 0.327 e. The summed E-state index contributed by atoms with van der Waals surface area (Å²) in [5.41, 5.74) is 0.539. The van der Waals surface area contributed by atoms with Gasteiger partial charge in [0.05, 0.1) is 17.9 Å². The minimum atomic E-state index is -1.58. The summed E-state index contributed by atoms with van der Waals surface area (Å²) in [6.45, 7) is 2.10. The summed E-state index contributed by atoms with van der Waals surface area (Å²) >= 11 is 5.94. The van der Waals surface area contributed by atoms with E-state index in [2.05, 4.69) is 0 Å². The summed E-state index contributed by atoms with van der Waals surface area (Å²) in [4.78, 5) is 35.7. The van der Waals surface area contributed by atoms with E-state index in [9.17, 15) is 24.6 Å². The van der Waals surface area contributed by atoms with Crippen LogP contribution in [-0.2, 0) is 14.4 Å². The molecule has 1 aliphatic rings. The van der Waals surface area contributed by atoms with Gasteiger partial charge in [-0.05, 0) is 30.7 Å². The quantitative estimate of drug-likeness (QED) is 0.467. The summed E-state index contributed by atoms with van der Waals surface area (Å²) in [7, 11) is 0. The Hall–Kier alpha value is -2.59. The highest BCUT2D eigenvalue weighted by Crippen LogP contribution is 2.36. The third-order valence-electron chi connectivity index (χ3n) is 3.37. The van der Waals surface area contributed by atoms with E-state index < -0.39 is 30.3 Å². The number of carboxylic acid groups (broad SMARTS) is 2. The van der Waals surface area contributed by atoms with Crippen LogP contribution in [0.1, 0.15) is 18.9 Å². The maximum absolute atomic E-state index is 12.5. The van der Waals surface area contributed by atoms with Gasteiger partial charge in [0.15, 0.2) is 11.5 Å². The Bertz CT molecular complexity index is 806. The Balaban J connectivity index is 2.33. The summed E-state index contributed by atoms with van der Waals surface area (Å²) < 4.78 is 5.25. The molecule has 0 bridgehead atoms. The number of hydrogen-bond acceptors (Lipinski definition) is 7. The van der Waals surface area contributed by atoms with Crippen LogP contribution in [0.25, 0.3) is 6.08 Å². The van der Waals surface area contributed by atoms with E-state index in [0.29, 0.717) is 12.2 Å². The lowest BCUT2D eigenvalue weighted by molar-refractivity contribution is -0.150. The van der Waals surface area contributed by atoms with E-state index >= 15 is 0 Å². The monoisotopic (exact) mass is 397 g/mol. The molecule has 0 spiro atoms. The van der Waals surface area contributed by atoms with E-state index in [1.807, 2.05) is 0 Å². The highest BCUT2D eigenvalue weighted by molar-refractivity contribution is 8.26. The van der Waals surface area contributed by atoms with Gasteiger partial charge in [0.25, 0.3) is 5.91 Å². The molecule has 10 heteroatoms. The Kier molecular flexibility index (Phi) is 6.22. The molecule has 3 N–H and O–H groups in total. The van der Waals surface area contributed by atoms with Gasteiger partial charge in [-0.2, -0.15) is 0 Å². The van der Waals surface area contributed by atoms with E-state index in [1.54, 1.807) is 13.0 Å². The number of nitrogens with zero attached hydrogens (tertiary/aromatic N) is 1. The van der Waals surface area contributed by atoms with E-state index in [1.165, 1.54) is 18.2 Å². The molecule has 8 nitrogen and oxygen atoms in total. The number of carboxylic acids is 2. The lowest BCUT2D eigenvalue weighted by Gasteiger charge is -2.21. The number of thioether (sulfide) groups is 1. The first-order valence-corrected chi connectivity index (χ1v) is 8.64. The van der Waals surface area contributed by atoms with Gasteiger partial charge in [0, 0.05) is 0 Å². The standard InChI is InChI=1S/C16H15NO7S2/c1-2-24-11-5-8(3-4-10(11)18)6-12-14(21)17(16(25)26-12)9(15(22)23)7-13(19)20/h3-6,9,18H,2,7H2,1H3,(H,19,20)(H,22,23)/b12-6-. The number of carbonyl (C=O) groups excluding carboxylic acids is 1. The van der Waals surface area contributed by atoms with Crippen molar-refractivity contribution < 1.29 is 34.4 Å². The molecule has 1 aromatic rings. The fourth-order valence-corrected chi connectivity index (χ4v) is 3.60. The van der Waals surface area contributed by atoms with Gasteiger partial charge >= 0.3 is 11.9 Å².